The second-order valence-corrected chi connectivity index (χ2v) is 14.3. The van der Waals surface area contributed by atoms with Gasteiger partial charge < -0.3 is 29.9 Å². The molecule has 0 spiro atoms. The minimum atomic E-state index is -0.911. The van der Waals surface area contributed by atoms with E-state index in [-0.39, 0.29) is 69.1 Å². The fraction of sp³-hybridized carbons (Fsp3) is 0.927. The van der Waals surface area contributed by atoms with E-state index in [4.69, 9.17) is 9.47 Å². The number of ether oxygens (including phenoxy) is 2. The van der Waals surface area contributed by atoms with Crippen LogP contribution in [0.5, 0.6) is 0 Å². The van der Waals surface area contributed by atoms with Gasteiger partial charge in [-0.2, -0.15) is 0 Å². The quantitative estimate of drug-likeness (QED) is 0.0433. The Morgan fingerprint density at radius 3 is 1.22 bits per heavy atom. The smallest absolute Gasteiger partial charge is 0.308 e. The molecule has 3 unspecified atom stereocenters. The van der Waals surface area contributed by atoms with Crippen LogP contribution in [0, 0.1) is 11.8 Å². The number of hydrogen-bond acceptors (Lipinski definition) is 8. The third-order valence-electron chi connectivity index (χ3n) is 9.80. The van der Waals surface area contributed by atoms with Crippen LogP contribution in [0.1, 0.15) is 182 Å². The molecule has 296 valence electrons. The Morgan fingerprint density at radius 1 is 0.540 bits per heavy atom. The van der Waals surface area contributed by atoms with E-state index < -0.39 is 12.6 Å². The Bertz CT molecular complexity index is 747. The van der Waals surface area contributed by atoms with E-state index in [0.29, 0.717) is 0 Å². The van der Waals surface area contributed by atoms with Crippen LogP contribution in [-0.4, -0.2) is 85.1 Å². The second kappa shape index (κ2) is 35.7. The number of amides is 1. The Hall–Kier alpha value is -1.71. The highest BCUT2D eigenvalue weighted by atomic mass is 16.5. The van der Waals surface area contributed by atoms with Crippen molar-refractivity contribution < 1.29 is 34.1 Å². The van der Waals surface area contributed by atoms with E-state index in [2.05, 4.69) is 33.0 Å². The molecule has 3 atom stereocenters. The molecule has 0 aromatic rings. The van der Waals surface area contributed by atoms with Gasteiger partial charge in [-0.25, -0.2) is 0 Å². The Morgan fingerprint density at radius 2 is 0.880 bits per heavy atom. The number of nitrogens with zero attached hydrogens (tertiary/aromatic N) is 1. The predicted octanol–water partition coefficient (Wildman–Crippen LogP) is 8.52. The number of hydrogen-bond donors (Lipinski definition) is 3. The molecule has 0 saturated heterocycles. The number of unbranched alkanes of at least 4 members (excludes halogenated alkanes) is 16. The summed E-state index contributed by atoms with van der Waals surface area (Å²) >= 11 is 0. The zero-order chi connectivity index (χ0) is 37.1. The van der Waals surface area contributed by atoms with Gasteiger partial charge in [-0.05, 0) is 25.7 Å². The van der Waals surface area contributed by atoms with Gasteiger partial charge in [0.2, 0.25) is 5.91 Å². The third-order valence-corrected chi connectivity index (χ3v) is 9.80. The Balaban J connectivity index is 5.33. The second-order valence-electron chi connectivity index (χ2n) is 14.3. The van der Waals surface area contributed by atoms with Gasteiger partial charge in [-0.15, -0.1) is 0 Å². The monoisotopic (exact) mass is 713 g/mol. The van der Waals surface area contributed by atoms with Gasteiger partial charge in [0.15, 0.2) is 0 Å². The lowest BCUT2D eigenvalue weighted by atomic mass is 9.94. The van der Waals surface area contributed by atoms with E-state index in [0.717, 1.165) is 103 Å². The van der Waals surface area contributed by atoms with Crippen molar-refractivity contribution >= 4 is 17.8 Å². The Labute approximate surface area is 307 Å². The largest absolute Gasteiger partial charge is 0.464 e. The topological polar surface area (TPSA) is 125 Å². The first-order valence-electron chi connectivity index (χ1n) is 21.0. The summed E-state index contributed by atoms with van der Waals surface area (Å²) in [6, 6.07) is -0.911. The van der Waals surface area contributed by atoms with Crippen molar-refractivity contribution in [3.05, 3.63) is 0 Å². The predicted molar refractivity (Wildman–Crippen MR) is 205 cm³/mol. The first kappa shape index (κ1) is 48.3. The molecule has 0 aliphatic carbocycles. The van der Waals surface area contributed by atoms with Gasteiger partial charge in [0.05, 0.1) is 38.1 Å². The van der Waals surface area contributed by atoms with Gasteiger partial charge >= 0.3 is 11.9 Å². The van der Waals surface area contributed by atoms with Crippen molar-refractivity contribution in [2.24, 2.45) is 11.8 Å². The van der Waals surface area contributed by atoms with Crippen LogP contribution < -0.4 is 5.32 Å². The highest BCUT2D eigenvalue weighted by molar-refractivity contribution is 5.82. The molecule has 9 heteroatoms. The summed E-state index contributed by atoms with van der Waals surface area (Å²) in [6.07, 6.45) is 26.2. The molecule has 0 rings (SSSR count). The summed E-state index contributed by atoms with van der Waals surface area (Å²) in [5.74, 6) is -1.06. The molecule has 0 heterocycles. The van der Waals surface area contributed by atoms with Crippen LogP contribution in [-0.2, 0) is 23.9 Å². The zero-order valence-corrected chi connectivity index (χ0v) is 33.0. The third kappa shape index (κ3) is 26.1. The minimum Gasteiger partial charge on any atom is -0.464 e. The zero-order valence-electron chi connectivity index (χ0n) is 33.0. The summed E-state index contributed by atoms with van der Waals surface area (Å²) in [6.45, 7) is 8.68. The summed E-state index contributed by atoms with van der Waals surface area (Å²) in [5.41, 5.74) is 0. The number of aliphatic hydroxyl groups excluding tert-OH is 2. The normalized spacial score (nSPS) is 13.2. The van der Waals surface area contributed by atoms with Crippen molar-refractivity contribution in [1.82, 2.24) is 10.2 Å². The molecular formula is C41H80N2O7. The van der Waals surface area contributed by atoms with Crippen molar-refractivity contribution in [3.63, 3.8) is 0 Å². The molecule has 9 nitrogen and oxygen atoms in total. The maximum Gasteiger partial charge on any atom is 0.308 e. The summed E-state index contributed by atoms with van der Waals surface area (Å²) < 4.78 is 11.6. The fourth-order valence-electron chi connectivity index (χ4n) is 6.51. The van der Waals surface area contributed by atoms with Crippen LogP contribution in [0.25, 0.3) is 0 Å². The van der Waals surface area contributed by atoms with E-state index in [1.54, 1.807) is 0 Å². The first-order valence-corrected chi connectivity index (χ1v) is 21.0. The van der Waals surface area contributed by atoms with Gasteiger partial charge in [0.1, 0.15) is 19.3 Å². The highest BCUT2D eigenvalue weighted by Gasteiger charge is 2.26. The lowest BCUT2D eigenvalue weighted by molar-refractivity contribution is -0.153. The van der Waals surface area contributed by atoms with Crippen molar-refractivity contribution in [1.29, 1.82) is 0 Å². The number of nitrogens with one attached hydrogen (secondary N) is 1. The average Bonchev–Trinajstić information content (AvgIpc) is 3.12. The number of carbonyl (C=O) groups is 3. The van der Waals surface area contributed by atoms with Gasteiger partial charge in [-0.1, -0.05) is 156 Å². The number of rotatable bonds is 37. The van der Waals surface area contributed by atoms with E-state index in [1.165, 1.54) is 56.3 Å². The lowest BCUT2D eigenvalue weighted by Gasteiger charge is -2.27. The van der Waals surface area contributed by atoms with Gasteiger partial charge in [0, 0.05) is 6.54 Å². The fourth-order valence-corrected chi connectivity index (χ4v) is 6.51. The summed E-state index contributed by atoms with van der Waals surface area (Å²) in [7, 11) is 0. The molecular weight excluding hydrogens is 632 g/mol. The van der Waals surface area contributed by atoms with Crippen LogP contribution >= 0.6 is 0 Å². The van der Waals surface area contributed by atoms with E-state index in [1.807, 2.05) is 0 Å². The average molecular weight is 713 g/mol. The molecule has 0 radical (unpaired) electrons. The summed E-state index contributed by atoms with van der Waals surface area (Å²) in [5, 5.41) is 22.1. The van der Waals surface area contributed by atoms with Crippen LogP contribution in [0.15, 0.2) is 0 Å². The molecule has 50 heavy (non-hydrogen) atoms. The van der Waals surface area contributed by atoms with Crippen LogP contribution in [0.4, 0.5) is 0 Å². The molecule has 0 bridgehead atoms. The molecule has 3 N–H and O–H groups in total. The number of carbonyl (C=O) groups excluding carboxylic acids is 3. The van der Waals surface area contributed by atoms with Crippen LogP contribution in [0.3, 0.4) is 0 Å². The lowest BCUT2D eigenvalue weighted by Crippen LogP contribution is -2.51. The molecule has 0 aromatic carbocycles. The SMILES string of the molecule is CCCCCCCCC(CCCCCC)C(=O)OCCN(CCOC(=O)C(CCCCCC)CCCCCCCC)C(=O)C(CO)NCCO. The van der Waals surface area contributed by atoms with Crippen LogP contribution in [0.2, 0.25) is 0 Å². The van der Waals surface area contributed by atoms with E-state index >= 15 is 0 Å². The number of aliphatic hydroxyl groups is 2. The number of esters is 2. The van der Waals surface area contributed by atoms with Crippen molar-refractivity contribution in [3.8, 4) is 0 Å². The molecule has 0 aliphatic heterocycles. The standard InChI is InChI=1S/C41H80N2O7/c1-5-9-13-17-19-23-27-36(25-21-15-11-7-3)40(47)49-33-30-43(39(46)38(35-45)42-29-32-44)31-34-50-41(48)37(26-22-16-12-8-4)28-24-20-18-14-10-6-2/h36-38,42,44-45H,5-35H2,1-4H3. The Kier molecular flexibility index (Phi) is 34.5. The van der Waals surface area contributed by atoms with E-state index in [9.17, 15) is 24.6 Å². The molecule has 0 saturated carbocycles. The van der Waals surface area contributed by atoms with Crippen molar-refractivity contribution in [2.75, 3.05) is 46.1 Å². The van der Waals surface area contributed by atoms with Crippen molar-refractivity contribution in [2.45, 2.75) is 188 Å². The molecule has 1 amide bonds. The highest BCUT2D eigenvalue weighted by Crippen LogP contribution is 2.22. The molecule has 0 aliphatic rings. The summed E-state index contributed by atoms with van der Waals surface area (Å²) in [4.78, 5) is 41.4. The molecule has 0 fully saturated rings. The maximum atomic E-state index is 13.4. The molecule has 0 aromatic heterocycles. The maximum absolute atomic E-state index is 13.4. The van der Waals surface area contributed by atoms with Gasteiger partial charge in [0.25, 0.3) is 0 Å². The van der Waals surface area contributed by atoms with Gasteiger partial charge in [-0.3, -0.25) is 14.4 Å². The first-order chi connectivity index (χ1) is 24.4. The minimum absolute atomic E-state index is 0.0384.